The molecule has 2 atom stereocenters. The number of aromatic amines is 1. The van der Waals surface area contributed by atoms with Crippen molar-refractivity contribution in [2.75, 3.05) is 33.3 Å². The lowest BCUT2D eigenvalue weighted by atomic mass is 9.79. The fraction of sp³-hybridized carbons (Fsp3) is 0.560. The van der Waals surface area contributed by atoms with Crippen LogP contribution >= 0.6 is 0 Å². The second kappa shape index (κ2) is 10.3. The number of fused-ring (bicyclic) bond motifs is 2. The first-order valence-corrected chi connectivity index (χ1v) is 11.5. The van der Waals surface area contributed by atoms with Crippen molar-refractivity contribution in [3.8, 4) is 0 Å². The highest BCUT2D eigenvalue weighted by Gasteiger charge is 2.36. The molecule has 0 radical (unpaired) electrons. The number of carbonyl (C=O) groups is 1. The lowest BCUT2D eigenvalue weighted by Gasteiger charge is -2.40. The zero-order valence-electron chi connectivity index (χ0n) is 18.9. The number of amides is 1. The summed E-state index contributed by atoms with van der Waals surface area (Å²) in [5.41, 5.74) is 5.21. The third-order valence-corrected chi connectivity index (χ3v) is 6.42. The van der Waals surface area contributed by atoms with E-state index in [1.807, 2.05) is 4.90 Å². The summed E-state index contributed by atoms with van der Waals surface area (Å²) in [6, 6.07) is 6.82. The average molecular weight is 412 g/mol. The van der Waals surface area contributed by atoms with E-state index in [1.165, 1.54) is 34.0 Å². The monoisotopic (exact) mass is 411 g/mol. The number of unbranched alkanes of at least 4 members (excludes halogenated alkanes) is 2. The number of aliphatic hydroxyl groups excluding tert-OH is 1. The Morgan fingerprint density at radius 3 is 2.63 bits per heavy atom. The molecule has 4 rings (SSSR count). The molecule has 30 heavy (non-hydrogen) atoms. The van der Waals surface area contributed by atoms with E-state index < -0.39 is 0 Å². The van der Waals surface area contributed by atoms with Crippen molar-refractivity contribution in [2.24, 2.45) is 5.92 Å². The minimum atomic E-state index is -0.0445. The quantitative estimate of drug-likeness (QED) is 0.705. The van der Waals surface area contributed by atoms with E-state index in [0.29, 0.717) is 12.6 Å². The molecule has 2 heterocycles. The van der Waals surface area contributed by atoms with Crippen molar-refractivity contribution in [1.29, 1.82) is 0 Å². The number of nitrogens with zero attached hydrogens (tertiary/aromatic N) is 2. The molecule has 1 aliphatic heterocycles. The smallest absolute Gasteiger partial charge is 0.230 e. The molecule has 1 aromatic carbocycles. The highest BCUT2D eigenvalue weighted by molar-refractivity contribution is 5.99. The zero-order chi connectivity index (χ0) is 21.7. The van der Waals surface area contributed by atoms with E-state index in [4.69, 9.17) is 5.11 Å². The van der Waals surface area contributed by atoms with Crippen molar-refractivity contribution >= 4 is 22.4 Å². The molecule has 1 aliphatic carbocycles. The zero-order valence-corrected chi connectivity index (χ0v) is 18.9. The highest BCUT2D eigenvalue weighted by atomic mass is 16.2. The lowest BCUT2D eigenvalue weighted by molar-refractivity contribution is -0.134. The highest BCUT2D eigenvalue weighted by Crippen LogP contribution is 2.40. The molecule has 5 nitrogen and oxygen atoms in total. The number of carbonyl (C=O) groups excluding carboxylic acids is 1. The van der Waals surface area contributed by atoms with Crippen LogP contribution in [0.1, 0.15) is 51.2 Å². The molecule has 164 valence electrons. The van der Waals surface area contributed by atoms with Crippen LogP contribution in [0.4, 0.5) is 0 Å². The number of likely N-dealkylation sites (N-methyl/N-ethyl adjacent to an activating group) is 1. The summed E-state index contributed by atoms with van der Waals surface area (Å²) >= 11 is 0. The van der Waals surface area contributed by atoms with E-state index in [1.54, 1.807) is 0 Å². The van der Waals surface area contributed by atoms with Crippen LogP contribution in [0.25, 0.3) is 16.5 Å². The van der Waals surface area contributed by atoms with E-state index in [0.717, 1.165) is 38.9 Å². The van der Waals surface area contributed by atoms with Crippen molar-refractivity contribution in [3.05, 3.63) is 41.6 Å². The van der Waals surface area contributed by atoms with Crippen LogP contribution in [0.15, 0.2) is 30.5 Å². The Bertz CT molecular complexity index is 878. The van der Waals surface area contributed by atoms with Gasteiger partial charge < -0.3 is 15.0 Å². The van der Waals surface area contributed by atoms with Gasteiger partial charge in [-0.15, -0.1) is 0 Å². The van der Waals surface area contributed by atoms with Gasteiger partial charge in [0, 0.05) is 49.4 Å². The average Bonchev–Trinajstić information content (AvgIpc) is 3.18. The van der Waals surface area contributed by atoms with Crippen molar-refractivity contribution in [2.45, 2.75) is 52.5 Å². The standard InChI is InChI=1S/C20H25N3O.C5H12O/c1-4-23(5-2)20(24)14-9-16-15-7-6-8-17-19(15)13(11-21-17)10-18(16)22(3)12-14;1-2-3-4-5-6/h6-9,11,14,18,21H,4-5,10,12H2,1-3H3;6H,2-5H2,1H3/t14-,18-;/m1./s1. The van der Waals surface area contributed by atoms with Gasteiger partial charge in [-0.25, -0.2) is 0 Å². The fourth-order valence-electron chi connectivity index (χ4n) is 4.74. The number of hydrogen-bond donors (Lipinski definition) is 2. The fourth-order valence-corrected chi connectivity index (χ4v) is 4.74. The summed E-state index contributed by atoms with van der Waals surface area (Å²) in [5.74, 6) is 0.210. The van der Waals surface area contributed by atoms with E-state index in [2.05, 4.69) is 68.2 Å². The molecule has 0 bridgehead atoms. The van der Waals surface area contributed by atoms with Crippen molar-refractivity contribution in [1.82, 2.24) is 14.8 Å². The number of hydrogen-bond acceptors (Lipinski definition) is 3. The van der Waals surface area contributed by atoms with Gasteiger partial charge in [0.1, 0.15) is 0 Å². The summed E-state index contributed by atoms with van der Waals surface area (Å²) in [4.78, 5) is 20.6. The summed E-state index contributed by atoms with van der Waals surface area (Å²) in [6.07, 6.45) is 8.74. The minimum Gasteiger partial charge on any atom is -0.396 e. The molecule has 1 aromatic heterocycles. The first-order chi connectivity index (χ1) is 14.5. The number of H-pyrrole nitrogens is 1. The normalized spacial score (nSPS) is 20.2. The van der Waals surface area contributed by atoms with Crippen LogP contribution in [0, 0.1) is 5.92 Å². The van der Waals surface area contributed by atoms with Gasteiger partial charge in [0.05, 0.1) is 5.92 Å². The Morgan fingerprint density at radius 1 is 1.23 bits per heavy atom. The van der Waals surface area contributed by atoms with E-state index >= 15 is 0 Å². The summed E-state index contributed by atoms with van der Waals surface area (Å²) < 4.78 is 0. The van der Waals surface area contributed by atoms with Gasteiger partial charge in [-0.2, -0.15) is 0 Å². The first kappa shape index (κ1) is 22.6. The number of rotatable bonds is 6. The Balaban J connectivity index is 0.000000377. The Morgan fingerprint density at radius 2 is 2.00 bits per heavy atom. The molecule has 2 N–H and O–H groups in total. The maximum atomic E-state index is 12.9. The predicted molar refractivity (Wildman–Crippen MR) is 124 cm³/mol. The first-order valence-electron chi connectivity index (χ1n) is 11.5. The van der Waals surface area contributed by atoms with Crippen LogP contribution in [-0.4, -0.2) is 65.1 Å². The Hall–Kier alpha value is -2.11. The number of benzene rings is 1. The van der Waals surface area contributed by atoms with Gasteiger partial charge in [-0.3, -0.25) is 9.69 Å². The maximum Gasteiger partial charge on any atom is 0.230 e. The third-order valence-electron chi connectivity index (χ3n) is 6.42. The van der Waals surface area contributed by atoms with E-state index in [9.17, 15) is 4.79 Å². The van der Waals surface area contributed by atoms with Gasteiger partial charge in [0.25, 0.3) is 0 Å². The molecule has 0 spiro atoms. The van der Waals surface area contributed by atoms with Crippen LogP contribution in [0.2, 0.25) is 0 Å². The van der Waals surface area contributed by atoms with Crippen LogP contribution in [0.5, 0.6) is 0 Å². The molecular formula is C25H37N3O2. The summed E-state index contributed by atoms with van der Waals surface area (Å²) in [7, 11) is 2.15. The van der Waals surface area contributed by atoms with Crippen molar-refractivity contribution in [3.63, 3.8) is 0 Å². The lowest BCUT2D eigenvalue weighted by Crippen LogP contribution is -2.47. The molecule has 2 aliphatic rings. The van der Waals surface area contributed by atoms with Crippen molar-refractivity contribution < 1.29 is 9.90 Å². The van der Waals surface area contributed by atoms with Crippen LogP contribution < -0.4 is 0 Å². The molecule has 0 unspecified atom stereocenters. The number of aliphatic hydroxyl groups is 1. The molecule has 0 fully saturated rings. The molecule has 2 aromatic rings. The molecule has 0 saturated heterocycles. The Kier molecular flexibility index (Phi) is 7.73. The largest absolute Gasteiger partial charge is 0.396 e. The summed E-state index contributed by atoms with van der Waals surface area (Å²) in [5, 5.41) is 9.53. The second-order valence-electron chi connectivity index (χ2n) is 8.37. The molecule has 1 amide bonds. The third kappa shape index (κ3) is 4.47. The molecule has 5 heteroatoms. The topological polar surface area (TPSA) is 59.6 Å². The number of aromatic nitrogens is 1. The Labute approximate surface area is 180 Å². The second-order valence-corrected chi connectivity index (χ2v) is 8.37. The van der Waals surface area contributed by atoms with E-state index in [-0.39, 0.29) is 11.8 Å². The van der Waals surface area contributed by atoms with Gasteiger partial charge in [0.2, 0.25) is 5.91 Å². The van der Waals surface area contributed by atoms with Gasteiger partial charge in [0.15, 0.2) is 0 Å². The predicted octanol–water partition coefficient (Wildman–Crippen LogP) is 4.07. The molecular weight excluding hydrogens is 374 g/mol. The van der Waals surface area contributed by atoms with Gasteiger partial charge in [-0.1, -0.05) is 38.0 Å². The minimum absolute atomic E-state index is 0.0445. The van der Waals surface area contributed by atoms with Crippen LogP contribution in [-0.2, 0) is 11.2 Å². The summed E-state index contributed by atoms with van der Waals surface area (Å²) in [6.45, 7) is 8.94. The maximum absolute atomic E-state index is 12.9. The van der Waals surface area contributed by atoms with Gasteiger partial charge in [-0.05, 0) is 56.5 Å². The number of nitrogens with one attached hydrogen (secondary N) is 1. The SMILES string of the molecule is CCCCCO.CCN(CC)C(=O)[C@@H]1C=C2c3cccc4[nH]cc(c34)C[C@H]2N(C)C1. The van der Waals surface area contributed by atoms with Gasteiger partial charge >= 0.3 is 0 Å². The van der Waals surface area contributed by atoms with Crippen LogP contribution in [0.3, 0.4) is 0 Å². The molecule has 0 saturated carbocycles.